The zero-order chi connectivity index (χ0) is 19.1. The Morgan fingerprint density at radius 1 is 0.654 bits per heavy atom. The fraction of sp³-hybridized carbons (Fsp3) is 0.435. The molecule has 0 radical (unpaired) electrons. The van der Waals surface area contributed by atoms with E-state index in [2.05, 4.69) is 65.5 Å². The molecule has 26 heavy (non-hydrogen) atoms. The molecular weight excluding hydrogens is 324 g/mol. The first-order chi connectivity index (χ1) is 12.8. The molecule has 3 heteroatoms. The van der Waals surface area contributed by atoms with Gasteiger partial charge in [0, 0.05) is 13.0 Å². The Balaban J connectivity index is 3.53. The van der Waals surface area contributed by atoms with E-state index >= 15 is 0 Å². The minimum atomic E-state index is -0.160. The summed E-state index contributed by atoms with van der Waals surface area (Å²) in [4.78, 5) is 10.9. The van der Waals surface area contributed by atoms with Gasteiger partial charge in [0.2, 0.25) is 0 Å². The molecule has 0 heterocycles. The lowest BCUT2D eigenvalue weighted by atomic mass is 10.2. The number of hydrogen-bond acceptors (Lipinski definition) is 3. The lowest BCUT2D eigenvalue weighted by Gasteiger charge is -1.93. The van der Waals surface area contributed by atoms with Crippen molar-refractivity contribution in [3.8, 4) is 0 Å². The van der Waals surface area contributed by atoms with Crippen LogP contribution in [0.3, 0.4) is 0 Å². The molecule has 0 bridgehead atoms. The van der Waals surface area contributed by atoms with Gasteiger partial charge in [-0.2, -0.15) is 0 Å². The van der Waals surface area contributed by atoms with Crippen LogP contribution < -0.4 is 0 Å². The Morgan fingerprint density at radius 2 is 1.00 bits per heavy atom. The van der Waals surface area contributed by atoms with E-state index in [0.717, 1.165) is 44.9 Å². The normalized spacial score (nSPS) is 12.8. The van der Waals surface area contributed by atoms with Gasteiger partial charge in [0.1, 0.15) is 0 Å². The van der Waals surface area contributed by atoms with Crippen LogP contribution in [-0.2, 0) is 9.53 Å². The summed E-state index contributed by atoms with van der Waals surface area (Å²) < 4.78 is 4.58. The van der Waals surface area contributed by atoms with Gasteiger partial charge in [0.15, 0.2) is 0 Å². The Kier molecular flexibility index (Phi) is 19.2. The van der Waals surface area contributed by atoms with Crippen molar-refractivity contribution in [2.45, 2.75) is 51.4 Å². The molecule has 0 aliphatic carbocycles. The second-order valence-electron chi connectivity index (χ2n) is 5.63. The predicted octanol–water partition coefficient (Wildman–Crippen LogP) is 5.61. The highest BCUT2D eigenvalue weighted by atomic mass is 16.5. The summed E-state index contributed by atoms with van der Waals surface area (Å²) in [5, 5.41) is 8.63. The fourth-order valence-corrected chi connectivity index (χ4v) is 1.97. The highest BCUT2D eigenvalue weighted by Crippen LogP contribution is 1.98. The first kappa shape index (κ1) is 23.9. The number of carbonyl (C=O) groups excluding carboxylic acids is 1. The SMILES string of the molecule is COC(=O)CC/C=C\C/C=C\C/C=C\C/C=C\C/C=C\C/C=C\CCO. The van der Waals surface area contributed by atoms with E-state index in [0.29, 0.717) is 6.42 Å². The molecular formula is C23H34O3. The molecule has 0 amide bonds. The van der Waals surface area contributed by atoms with Crippen molar-refractivity contribution in [3.05, 3.63) is 72.9 Å². The predicted molar refractivity (Wildman–Crippen MR) is 111 cm³/mol. The van der Waals surface area contributed by atoms with Crippen LogP contribution in [0, 0.1) is 0 Å². The number of rotatable bonds is 15. The Labute approximate surface area is 159 Å². The molecule has 0 aromatic heterocycles. The molecule has 0 aromatic rings. The van der Waals surface area contributed by atoms with Crippen LogP contribution in [0.25, 0.3) is 0 Å². The van der Waals surface area contributed by atoms with Gasteiger partial charge in [-0.1, -0.05) is 72.9 Å². The monoisotopic (exact) mass is 358 g/mol. The molecule has 0 spiro atoms. The third-order valence-corrected chi connectivity index (χ3v) is 3.40. The van der Waals surface area contributed by atoms with E-state index in [-0.39, 0.29) is 12.6 Å². The van der Waals surface area contributed by atoms with Gasteiger partial charge in [-0.05, 0) is 44.9 Å². The highest BCUT2D eigenvalue weighted by Gasteiger charge is 1.94. The minimum absolute atomic E-state index is 0.160. The van der Waals surface area contributed by atoms with E-state index in [4.69, 9.17) is 5.11 Å². The lowest BCUT2D eigenvalue weighted by molar-refractivity contribution is -0.140. The van der Waals surface area contributed by atoms with Crippen molar-refractivity contribution in [2.75, 3.05) is 13.7 Å². The first-order valence-electron chi connectivity index (χ1n) is 9.39. The smallest absolute Gasteiger partial charge is 0.305 e. The molecule has 0 aromatic carbocycles. The first-order valence-corrected chi connectivity index (χ1v) is 9.39. The van der Waals surface area contributed by atoms with Crippen molar-refractivity contribution in [3.63, 3.8) is 0 Å². The molecule has 3 nitrogen and oxygen atoms in total. The summed E-state index contributed by atoms with van der Waals surface area (Å²) in [7, 11) is 1.41. The van der Waals surface area contributed by atoms with Crippen LogP contribution in [0.15, 0.2) is 72.9 Å². The molecule has 0 unspecified atom stereocenters. The fourth-order valence-electron chi connectivity index (χ4n) is 1.97. The second kappa shape index (κ2) is 20.9. The van der Waals surface area contributed by atoms with Crippen LogP contribution in [0.5, 0.6) is 0 Å². The van der Waals surface area contributed by atoms with Crippen LogP contribution >= 0.6 is 0 Å². The number of allylic oxidation sites excluding steroid dienone is 11. The molecule has 0 saturated carbocycles. The van der Waals surface area contributed by atoms with Crippen LogP contribution in [0.2, 0.25) is 0 Å². The molecule has 0 saturated heterocycles. The van der Waals surface area contributed by atoms with Crippen molar-refractivity contribution < 1.29 is 14.6 Å². The number of esters is 1. The van der Waals surface area contributed by atoms with E-state index in [1.807, 2.05) is 12.2 Å². The average Bonchev–Trinajstić information content (AvgIpc) is 2.66. The Hall–Kier alpha value is -2.13. The Morgan fingerprint density at radius 3 is 1.35 bits per heavy atom. The van der Waals surface area contributed by atoms with Gasteiger partial charge >= 0.3 is 5.97 Å². The largest absolute Gasteiger partial charge is 0.469 e. The summed E-state index contributed by atoms with van der Waals surface area (Å²) in [6.07, 6.45) is 32.1. The van der Waals surface area contributed by atoms with Crippen molar-refractivity contribution in [1.29, 1.82) is 0 Å². The average molecular weight is 359 g/mol. The van der Waals surface area contributed by atoms with Gasteiger partial charge in [-0.25, -0.2) is 0 Å². The zero-order valence-electron chi connectivity index (χ0n) is 16.1. The van der Waals surface area contributed by atoms with Crippen LogP contribution in [0.4, 0.5) is 0 Å². The van der Waals surface area contributed by atoms with Gasteiger partial charge in [-0.15, -0.1) is 0 Å². The summed E-state index contributed by atoms with van der Waals surface area (Å²) in [6, 6.07) is 0. The number of ether oxygens (including phenoxy) is 1. The number of methoxy groups -OCH3 is 1. The van der Waals surface area contributed by atoms with Crippen molar-refractivity contribution >= 4 is 5.97 Å². The third-order valence-electron chi connectivity index (χ3n) is 3.40. The summed E-state index contributed by atoms with van der Waals surface area (Å²) in [6.45, 7) is 0.224. The molecule has 0 aliphatic heterocycles. The van der Waals surface area contributed by atoms with E-state index < -0.39 is 0 Å². The van der Waals surface area contributed by atoms with Crippen LogP contribution in [-0.4, -0.2) is 24.8 Å². The molecule has 144 valence electrons. The highest BCUT2D eigenvalue weighted by molar-refractivity contribution is 5.69. The maximum atomic E-state index is 10.9. The van der Waals surface area contributed by atoms with E-state index in [9.17, 15) is 4.79 Å². The summed E-state index contributed by atoms with van der Waals surface area (Å²) >= 11 is 0. The molecule has 0 rings (SSSR count). The maximum absolute atomic E-state index is 10.9. The minimum Gasteiger partial charge on any atom is -0.469 e. The van der Waals surface area contributed by atoms with Crippen molar-refractivity contribution in [1.82, 2.24) is 0 Å². The standard InChI is InChI=1S/C23H34O3/c1-26-23(25)21-19-17-15-13-11-9-7-5-3-2-4-6-8-10-12-14-16-18-20-22-24/h3-6,9-12,15-18,24H,2,7-8,13-14,19-22H2,1H3/b5-3-,6-4-,11-9-,12-10-,17-15-,18-16-. The van der Waals surface area contributed by atoms with Crippen LogP contribution in [0.1, 0.15) is 51.4 Å². The molecule has 0 aliphatic rings. The van der Waals surface area contributed by atoms with Gasteiger partial charge in [0.05, 0.1) is 7.11 Å². The number of hydrogen-bond donors (Lipinski definition) is 1. The zero-order valence-corrected chi connectivity index (χ0v) is 16.1. The van der Waals surface area contributed by atoms with Gasteiger partial charge < -0.3 is 9.84 Å². The second-order valence-corrected chi connectivity index (χ2v) is 5.63. The van der Waals surface area contributed by atoms with Gasteiger partial charge in [-0.3, -0.25) is 4.79 Å². The molecule has 0 fully saturated rings. The number of carbonyl (C=O) groups is 1. The lowest BCUT2D eigenvalue weighted by Crippen LogP contribution is -1.97. The van der Waals surface area contributed by atoms with E-state index in [1.165, 1.54) is 7.11 Å². The van der Waals surface area contributed by atoms with Crippen molar-refractivity contribution in [2.24, 2.45) is 0 Å². The number of aliphatic hydroxyl groups is 1. The topological polar surface area (TPSA) is 46.5 Å². The molecule has 1 N–H and O–H groups in total. The third kappa shape index (κ3) is 19.9. The summed E-state index contributed by atoms with van der Waals surface area (Å²) in [5.74, 6) is -0.160. The maximum Gasteiger partial charge on any atom is 0.305 e. The van der Waals surface area contributed by atoms with Gasteiger partial charge in [0.25, 0.3) is 0 Å². The summed E-state index contributed by atoms with van der Waals surface area (Å²) in [5.41, 5.74) is 0. The molecule has 0 atom stereocenters. The Bertz CT molecular complexity index is 494. The number of aliphatic hydroxyl groups excluding tert-OH is 1. The quantitative estimate of drug-likeness (QED) is 0.306. The van der Waals surface area contributed by atoms with E-state index in [1.54, 1.807) is 0 Å².